The molecule has 0 fully saturated rings. The summed E-state index contributed by atoms with van der Waals surface area (Å²) < 4.78 is 0. The number of benzene rings is 2. The Morgan fingerprint density at radius 1 is 0.950 bits per heavy atom. The van der Waals surface area contributed by atoms with Crippen LogP contribution in [0.1, 0.15) is 43.9 Å². The predicted molar refractivity (Wildman–Crippen MR) is 85.1 cm³/mol. The van der Waals surface area contributed by atoms with Crippen molar-refractivity contribution in [2.75, 3.05) is 0 Å². The number of halogens is 1. The molecule has 0 aliphatic carbocycles. The van der Waals surface area contributed by atoms with Crippen molar-refractivity contribution in [3.05, 3.63) is 70.7 Å². The van der Waals surface area contributed by atoms with Crippen LogP contribution in [0, 0.1) is 0 Å². The van der Waals surface area contributed by atoms with Crippen LogP contribution in [0.25, 0.3) is 0 Å². The van der Waals surface area contributed by atoms with E-state index in [0.29, 0.717) is 5.02 Å². The third-order valence-electron chi connectivity index (χ3n) is 4.33. The standard InChI is InChI=1S/C18H21ClO/c1-3-18(4-2,14-10-6-5-7-11-14)17(20)15-12-8-9-13-16(15)19/h5-13,17,20H,3-4H2,1-2H3. The molecule has 0 aliphatic heterocycles. The van der Waals surface area contributed by atoms with Crippen molar-refractivity contribution in [2.24, 2.45) is 0 Å². The van der Waals surface area contributed by atoms with Crippen molar-refractivity contribution in [2.45, 2.75) is 38.2 Å². The minimum absolute atomic E-state index is 0.299. The maximum absolute atomic E-state index is 11.0. The number of aliphatic hydroxyl groups excluding tert-OH is 1. The van der Waals surface area contributed by atoms with E-state index in [-0.39, 0.29) is 5.41 Å². The molecule has 1 nitrogen and oxygen atoms in total. The van der Waals surface area contributed by atoms with Gasteiger partial charge in [0.2, 0.25) is 0 Å². The van der Waals surface area contributed by atoms with Gasteiger partial charge in [0.05, 0.1) is 6.10 Å². The Hall–Kier alpha value is -1.31. The van der Waals surface area contributed by atoms with E-state index in [1.807, 2.05) is 42.5 Å². The lowest BCUT2D eigenvalue weighted by Crippen LogP contribution is -2.32. The summed E-state index contributed by atoms with van der Waals surface area (Å²) in [6.45, 7) is 4.24. The Labute approximate surface area is 126 Å². The van der Waals surface area contributed by atoms with E-state index < -0.39 is 6.10 Å². The largest absolute Gasteiger partial charge is 0.387 e. The van der Waals surface area contributed by atoms with Crippen LogP contribution in [0.15, 0.2) is 54.6 Å². The number of aliphatic hydroxyl groups is 1. The minimum atomic E-state index is -0.603. The normalized spacial score (nSPS) is 13.2. The van der Waals surface area contributed by atoms with Gasteiger partial charge in [-0.2, -0.15) is 0 Å². The Morgan fingerprint density at radius 3 is 2.05 bits per heavy atom. The first-order valence-corrected chi connectivity index (χ1v) is 7.51. The maximum atomic E-state index is 11.0. The Kier molecular flexibility index (Phi) is 4.85. The number of hydrogen-bond acceptors (Lipinski definition) is 1. The lowest BCUT2D eigenvalue weighted by Gasteiger charge is -2.38. The zero-order valence-corrected chi connectivity index (χ0v) is 12.8. The molecule has 1 atom stereocenters. The monoisotopic (exact) mass is 288 g/mol. The van der Waals surface area contributed by atoms with Crippen LogP contribution in [-0.2, 0) is 5.41 Å². The third kappa shape index (κ3) is 2.61. The molecule has 0 heterocycles. The molecule has 0 radical (unpaired) electrons. The van der Waals surface area contributed by atoms with Crippen molar-refractivity contribution in [1.29, 1.82) is 0 Å². The van der Waals surface area contributed by atoms with E-state index >= 15 is 0 Å². The summed E-state index contributed by atoms with van der Waals surface area (Å²) in [5, 5.41) is 11.6. The van der Waals surface area contributed by atoms with Gasteiger partial charge < -0.3 is 5.11 Å². The quantitative estimate of drug-likeness (QED) is 0.808. The Bertz CT molecular complexity index is 546. The highest BCUT2D eigenvalue weighted by atomic mass is 35.5. The van der Waals surface area contributed by atoms with Crippen molar-refractivity contribution >= 4 is 11.6 Å². The average Bonchev–Trinajstić information content (AvgIpc) is 2.50. The first kappa shape index (κ1) is 15.1. The van der Waals surface area contributed by atoms with E-state index in [1.54, 1.807) is 0 Å². The molecule has 0 saturated heterocycles. The molecule has 0 saturated carbocycles. The van der Waals surface area contributed by atoms with Gasteiger partial charge in [0.1, 0.15) is 0 Å². The van der Waals surface area contributed by atoms with Gasteiger partial charge in [-0.1, -0.05) is 74.0 Å². The molecule has 1 unspecified atom stereocenters. The van der Waals surface area contributed by atoms with E-state index in [2.05, 4.69) is 26.0 Å². The molecule has 2 aromatic carbocycles. The first-order valence-electron chi connectivity index (χ1n) is 7.13. The molecule has 0 spiro atoms. The fraction of sp³-hybridized carbons (Fsp3) is 0.333. The molecule has 1 N–H and O–H groups in total. The second-order valence-electron chi connectivity index (χ2n) is 5.15. The molecule has 0 aromatic heterocycles. The predicted octanol–water partition coefficient (Wildman–Crippen LogP) is 5.13. The molecule has 20 heavy (non-hydrogen) atoms. The molecule has 0 bridgehead atoms. The molecule has 2 aromatic rings. The summed E-state index contributed by atoms with van der Waals surface area (Å²) in [7, 11) is 0. The Balaban J connectivity index is 2.51. The van der Waals surface area contributed by atoms with Crippen molar-refractivity contribution < 1.29 is 5.11 Å². The summed E-state index contributed by atoms with van der Waals surface area (Å²) in [6, 6.07) is 17.8. The van der Waals surface area contributed by atoms with Gasteiger partial charge in [-0.05, 0) is 30.0 Å². The second kappa shape index (κ2) is 6.43. The van der Waals surface area contributed by atoms with Crippen LogP contribution < -0.4 is 0 Å². The van der Waals surface area contributed by atoms with Crippen molar-refractivity contribution in [3.8, 4) is 0 Å². The zero-order valence-electron chi connectivity index (χ0n) is 12.0. The van der Waals surface area contributed by atoms with E-state index in [9.17, 15) is 5.11 Å². The van der Waals surface area contributed by atoms with Crippen LogP contribution in [-0.4, -0.2) is 5.11 Å². The van der Waals surface area contributed by atoms with Gasteiger partial charge in [0.15, 0.2) is 0 Å². The van der Waals surface area contributed by atoms with Gasteiger partial charge >= 0.3 is 0 Å². The molecular formula is C18H21ClO. The van der Waals surface area contributed by atoms with Gasteiger partial charge in [-0.3, -0.25) is 0 Å². The van der Waals surface area contributed by atoms with Crippen LogP contribution in [0.3, 0.4) is 0 Å². The molecule has 2 rings (SSSR count). The van der Waals surface area contributed by atoms with Crippen LogP contribution >= 0.6 is 11.6 Å². The fourth-order valence-corrected chi connectivity index (χ4v) is 3.21. The topological polar surface area (TPSA) is 20.2 Å². The van der Waals surface area contributed by atoms with Crippen LogP contribution in [0.5, 0.6) is 0 Å². The summed E-state index contributed by atoms with van der Waals surface area (Å²) in [4.78, 5) is 0. The summed E-state index contributed by atoms with van der Waals surface area (Å²) in [5.41, 5.74) is 1.67. The third-order valence-corrected chi connectivity index (χ3v) is 4.68. The highest BCUT2D eigenvalue weighted by Gasteiger charge is 2.37. The van der Waals surface area contributed by atoms with Gasteiger partial charge in [-0.15, -0.1) is 0 Å². The molecule has 2 heteroatoms. The van der Waals surface area contributed by atoms with Crippen molar-refractivity contribution in [3.63, 3.8) is 0 Å². The van der Waals surface area contributed by atoms with Gasteiger partial charge in [-0.25, -0.2) is 0 Å². The summed E-state index contributed by atoms with van der Waals surface area (Å²) in [6.07, 6.45) is 1.12. The molecular weight excluding hydrogens is 268 g/mol. The highest BCUT2D eigenvalue weighted by Crippen LogP contribution is 2.44. The Morgan fingerprint density at radius 2 is 1.50 bits per heavy atom. The molecule has 0 aliphatic rings. The van der Waals surface area contributed by atoms with E-state index in [0.717, 1.165) is 24.0 Å². The number of hydrogen-bond donors (Lipinski definition) is 1. The summed E-state index contributed by atoms with van der Waals surface area (Å²) >= 11 is 6.27. The van der Waals surface area contributed by atoms with Gasteiger partial charge in [0, 0.05) is 10.4 Å². The molecule has 106 valence electrons. The highest BCUT2D eigenvalue weighted by molar-refractivity contribution is 6.31. The fourth-order valence-electron chi connectivity index (χ4n) is 2.97. The first-order chi connectivity index (χ1) is 9.65. The lowest BCUT2D eigenvalue weighted by atomic mass is 9.69. The van der Waals surface area contributed by atoms with Crippen LogP contribution in [0.4, 0.5) is 0 Å². The van der Waals surface area contributed by atoms with E-state index in [4.69, 9.17) is 11.6 Å². The lowest BCUT2D eigenvalue weighted by molar-refractivity contribution is 0.0728. The maximum Gasteiger partial charge on any atom is 0.0900 e. The van der Waals surface area contributed by atoms with Crippen molar-refractivity contribution in [1.82, 2.24) is 0 Å². The molecule has 0 amide bonds. The SMILES string of the molecule is CCC(CC)(c1ccccc1)C(O)c1ccccc1Cl. The number of rotatable bonds is 5. The smallest absolute Gasteiger partial charge is 0.0900 e. The van der Waals surface area contributed by atoms with E-state index in [1.165, 1.54) is 0 Å². The van der Waals surface area contributed by atoms with Crippen LogP contribution in [0.2, 0.25) is 5.02 Å². The average molecular weight is 289 g/mol. The summed E-state index contributed by atoms with van der Waals surface area (Å²) in [5.74, 6) is 0. The van der Waals surface area contributed by atoms with Gasteiger partial charge in [0.25, 0.3) is 0 Å². The minimum Gasteiger partial charge on any atom is -0.387 e. The zero-order chi connectivity index (χ0) is 14.6. The second-order valence-corrected chi connectivity index (χ2v) is 5.56.